The highest BCUT2D eigenvalue weighted by Crippen LogP contribution is 2.34. The van der Waals surface area contributed by atoms with Crippen LogP contribution in [0.4, 0.5) is 17.1 Å². The third-order valence-corrected chi connectivity index (χ3v) is 15.6. The monoisotopic (exact) mass is 731 g/mol. The first-order chi connectivity index (χ1) is 27.8. The molecule has 56 heavy (non-hydrogen) atoms. The van der Waals surface area contributed by atoms with Crippen molar-refractivity contribution in [2.45, 2.75) is 0 Å². The molecule has 0 heterocycles. The Bertz CT molecular complexity index is 2560. The van der Waals surface area contributed by atoms with E-state index in [2.05, 4.69) is 254 Å². The minimum absolute atomic E-state index is 1.13. The maximum absolute atomic E-state index is 2.83. The zero-order valence-corrected chi connectivity index (χ0v) is 32.1. The predicted molar refractivity (Wildman–Crippen MR) is 241 cm³/mol. The van der Waals surface area contributed by atoms with E-state index in [-0.39, 0.29) is 0 Å². The van der Waals surface area contributed by atoms with Crippen molar-refractivity contribution >= 4 is 45.9 Å². The number of benzene rings is 9. The van der Waals surface area contributed by atoms with E-state index >= 15 is 0 Å². The molecular weight excluding hydrogens is 691 g/mol. The molecule has 0 saturated carbocycles. The van der Waals surface area contributed by atoms with Gasteiger partial charge < -0.3 is 4.90 Å². The molecule has 0 aliphatic heterocycles. The van der Waals surface area contributed by atoms with Gasteiger partial charge >= 0.3 is 0 Å². The molecule has 2 heteroatoms. The minimum atomic E-state index is -2.83. The van der Waals surface area contributed by atoms with Crippen molar-refractivity contribution in [3.05, 3.63) is 249 Å². The summed E-state index contributed by atoms with van der Waals surface area (Å²) in [6, 6.07) is 90.8. The van der Waals surface area contributed by atoms with E-state index < -0.39 is 8.07 Å². The van der Waals surface area contributed by atoms with E-state index in [4.69, 9.17) is 0 Å². The van der Waals surface area contributed by atoms with Crippen molar-refractivity contribution in [1.82, 2.24) is 0 Å². The lowest BCUT2D eigenvalue weighted by molar-refractivity contribution is 1.29. The van der Waals surface area contributed by atoms with Crippen LogP contribution in [-0.4, -0.2) is 8.07 Å². The zero-order valence-electron chi connectivity index (χ0n) is 31.1. The fraction of sp³-hybridized carbons (Fsp3) is 0. The van der Waals surface area contributed by atoms with E-state index in [1.807, 2.05) is 0 Å². The summed E-state index contributed by atoms with van der Waals surface area (Å²) in [5, 5.41) is 5.37. The average molecular weight is 732 g/mol. The van der Waals surface area contributed by atoms with Crippen LogP contribution in [0.1, 0.15) is 0 Å². The Hall–Kier alpha value is -7.00. The number of rotatable bonds is 10. The molecule has 0 atom stereocenters. The molecule has 0 saturated heterocycles. The van der Waals surface area contributed by atoms with Gasteiger partial charge in [-0.25, -0.2) is 0 Å². The van der Waals surface area contributed by atoms with Crippen LogP contribution in [0.2, 0.25) is 0 Å². The third-order valence-electron chi connectivity index (χ3n) is 10.8. The minimum Gasteiger partial charge on any atom is -0.311 e. The molecule has 0 fully saturated rings. The van der Waals surface area contributed by atoms with E-state index in [9.17, 15) is 0 Å². The van der Waals surface area contributed by atoms with Gasteiger partial charge in [-0.1, -0.05) is 206 Å². The van der Waals surface area contributed by atoms with Crippen LogP contribution >= 0.6 is 0 Å². The molecule has 0 aromatic heterocycles. The lowest BCUT2D eigenvalue weighted by Crippen LogP contribution is -2.74. The molecule has 0 amide bonds. The Labute approximate surface area is 331 Å². The number of hydrogen-bond donors (Lipinski definition) is 0. The van der Waals surface area contributed by atoms with Crippen LogP contribution in [-0.2, 0) is 0 Å². The SMILES string of the molecule is c1ccc(-c2ccc(-c3cccc(-c4ccc([Si](c5ccccc5)(c5ccccc5)c5cccc(N(c6ccccc6)c6ccccc6)c5)cc4)c3)cc2)cc1. The number of hydrogen-bond acceptors (Lipinski definition) is 1. The van der Waals surface area contributed by atoms with E-state index in [1.165, 1.54) is 54.1 Å². The van der Waals surface area contributed by atoms with Crippen molar-refractivity contribution in [1.29, 1.82) is 0 Å². The second kappa shape index (κ2) is 15.8. The molecule has 9 rings (SSSR count). The lowest BCUT2D eigenvalue weighted by Gasteiger charge is -2.35. The highest BCUT2D eigenvalue weighted by Gasteiger charge is 2.41. The molecule has 0 bridgehead atoms. The maximum Gasteiger partial charge on any atom is 0.179 e. The van der Waals surface area contributed by atoms with Crippen LogP contribution in [0.25, 0.3) is 33.4 Å². The molecule has 266 valence electrons. The van der Waals surface area contributed by atoms with E-state index in [0.29, 0.717) is 0 Å². The Balaban J connectivity index is 1.16. The van der Waals surface area contributed by atoms with Crippen LogP contribution in [0, 0.1) is 0 Å². The number of para-hydroxylation sites is 2. The van der Waals surface area contributed by atoms with Gasteiger partial charge in [-0.15, -0.1) is 0 Å². The average Bonchev–Trinajstić information content (AvgIpc) is 3.29. The lowest BCUT2D eigenvalue weighted by atomic mass is 9.97. The molecule has 0 N–H and O–H groups in total. The number of nitrogens with zero attached hydrogens (tertiary/aromatic N) is 1. The summed E-state index contributed by atoms with van der Waals surface area (Å²) in [6.45, 7) is 0. The Kier molecular flexibility index (Phi) is 9.78. The molecule has 0 spiro atoms. The molecule has 9 aromatic carbocycles. The van der Waals surface area contributed by atoms with Crippen molar-refractivity contribution in [2.75, 3.05) is 4.90 Å². The summed E-state index contributed by atoms with van der Waals surface area (Å²) in [6.07, 6.45) is 0. The molecule has 0 aliphatic rings. The second-order valence-corrected chi connectivity index (χ2v) is 17.9. The largest absolute Gasteiger partial charge is 0.311 e. The normalized spacial score (nSPS) is 11.2. The van der Waals surface area contributed by atoms with E-state index in [0.717, 1.165) is 17.1 Å². The van der Waals surface area contributed by atoms with Crippen molar-refractivity contribution < 1.29 is 0 Å². The third kappa shape index (κ3) is 6.79. The van der Waals surface area contributed by atoms with Crippen molar-refractivity contribution in [3.8, 4) is 33.4 Å². The van der Waals surface area contributed by atoms with Crippen molar-refractivity contribution in [3.63, 3.8) is 0 Å². The van der Waals surface area contributed by atoms with Crippen molar-refractivity contribution in [2.24, 2.45) is 0 Å². The summed E-state index contributed by atoms with van der Waals surface area (Å²) in [7, 11) is -2.83. The first-order valence-corrected chi connectivity index (χ1v) is 21.3. The predicted octanol–water partition coefficient (Wildman–Crippen LogP) is 11.5. The van der Waals surface area contributed by atoms with Gasteiger partial charge in [0.2, 0.25) is 0 Å². The molecule has 0 aliphatic carbocycles. The molecule has 0 unspecified atom stereocenters. The smallest absolute Gasteiger partial charge is 0.179 e. The topological polar surface area (TPSA) is 3.24 Å². The fourth-order valence-corrected chi connectivity index (χ4v) is 12.9. The zero-order chi connectivity index (χ0) is 37.6. The van der Waals surface area contributed by atoms with Gasteiger partial charge in [-0.3, -0.25) is 0 Å². The molecule has 9 aromatic rings. The number of anilines is 3. The highest BCUT2D eigenvalue weighted by atomic mass is 28.3. The van der Waals surface area contributed by atoms with Gasteiger partial charge in [0.1, 0.15) is 0 Å². The van der Waals surface area contributed by atoms with Gasteiger partial charge in [-0.2, -0.15) is 0 Å². The summed E-state index contributed by atoms with van der Waals surface area (Å²) in [5.74, 6) is 0. The quantitative estimate of drug-likeness (QED) is 0.1000. The molecular formula is C54H41NSi. The van der Waals surface area contributed by atoms with Crippen LogP contribution in [0.5, 0.6) is 0 Å². The van der Waals surface area contributed by atoms with Gasteiger partial charge in [0.25, 0.3) is 0 Å². The second-order valence-electron chi connectivity index (χ2n) is 14.1. The molecule has 1 nitrogen and oxygen atoms in total. The standard InChI is InChI=1S/C54H41NSi/c1-6-18-42(19-7-1)43-32-34-44(35-33-43)46-20-16-21-47(40-46)45-36-38-53(39-37-45)56(51-27-12-4-13-28-51,52-29-14-5-15-30-52)54-31-17-26-50(41-54)55(48-22-8-2-9-23-48)49-24-10-3-11-25-49/h1-41H. The molecule has 0 radical (unpaired) electrons. The van der Waals surface area contributed by atoms with Gasteiger partial charge in [0.15, 0.2) is 8.07 Å². The van der Waals surface area contributed by atoms with Gasteiger partial charge in [0, 0.05) is 17.1 Å². The van der Waals surface area contributed by atoms with Gasteiger partial charge in [-0.05, 0) is 96.6 Å². The summed E-state index contributed by atoms with van der Waals surface area (Å²) >= 11 is 0. The summed E-state index contributed by atoms with van der Waals surface area (Å²) in [4.78, 5) is 2.37. The summed E-state index contributed by atoms with van der Waals surface area (Å²) in [5.41, 5.74) is 10.7. The van der Waals surface area contributed by atoms with Crippen LogP contribution < -0.4 is 25.6 Å². The summed E-state index contributed by atoms with van der Waals surface area (Å²) < 4.78 is 0. The first-order valence-electron chi connectivity index (χ1n) is 19.3. The first kappa shape index (κ1) is 34.7. The van der Waals surface area contributed by atoms with Gasteiger partial charge in [0.05, 0.1) is 0 Å². The fourth-order valence-electron chi connectivity index (χ4n) is 8.13. The van der Waals surface area contributed by atoms with Crippen LogP contribution in [0.15, 0.2) is 249 Å². The Morgan fingerprint density at radius 3 is 1.04 bits per heavy atom. The van der Waals surface area contributed by atoms with Crippen LogP contribution in [0.3, 0.4) is 0 Å². The Morgan fingerprint density at radius 2 is 0.536 bits per heavy atom. The maximum atomic E-state index is 2.44. The Morgan fingerprint density at radius 1 is 0.214 bits per heavy atom. The van der Waals surface area contributed by atoms with E-state index in [1.54, 1.807) is 0 Å². The highest BCUT2D eigenvalue weighted by molar-refractivity contribution is 7.19.